The molecular formula is C15H26N2O2. The Morgan fingerprint density at radius 3 is 2.16 bits per heavy atom. The van der Waals surface area contributed by atoms with Crippen molar-refractivity contribution in [3.05, 3.63) is 0 Å². The Labute approximate surface area is 115 Å². The minimum Gasteiger partial charge on any atom is -0.394 e. The smallest absolute Gasteiger partial charge is 0.315 e. The van der Waals surface area contributed by atoms with Crippen molar-refractivity contribution in [1.29, 1.82) is 0 Å². The maximum Gasteiger partial charge on any atom is 0.315 e. The Bertz CT molecular complexity index is 317. The van der Waals surface area contributed by atoms with Crippen LogP contribution in [0.1, 0.15) is 51.9 Å². The molecule has 0 radical (unpaired) electrons. The molecule has 0 spiro atoms. The molecule has 0 aromatic carbocycles. The molecule has 0 aromatic heterocycles. The highest BCUT2D eigenvalue weighted by Crippen LogP contribution is 2.55. The van der Waals surface area contributed by atoms with Crippen LogP contribution in [0, 0.1) is 17.8 Å². The molecule has 0 saturated heterocycles. The Morgan fingerprint density at radius 1 is 1.21 bits per heavy atom. The van der Waals surface area contributed by atoms with Gasteiger partial charge in [-0.05, 0) is 62.7 Å². The van der Waals surface area contributed by atoms with Crippen LogP contribution >= 0.6 is 0 Å². The van der Waals surface area contributed by atoms with Gasteiger partial charge in [-0.15, -0.1) is 0 Å². The molecule has 1 atom stereocenters. The molecule has 4 aliphatic rings. The highest BCUT2D eigenvalue weighted by Gasteiger charge is 2.51. The van der Waals surface area contributed by atoms with Crippen LogP contribution < -0.4 is 10.6 Å². The quantitative estimate of drug-likeness (QED) is 0.729. The molecule has 2 amide bonds. The molecule has 0 unspecified atom stereocenters. The van der Waals surface area contributed by atoms with Crippen LogP contribution in [0.25, 0.3) is 0 Å². The molecule has 19 heavy (non-hydrogen) atoms. The highest BCUT2D eigenvalue weighted by atomic mass is 16.3. The van der Waals surface area contributed by atoms with Crippen molar-refractivity contribution < 1.29 is 9.90 Å². The SMILES string of the molecule is CC[C@H](CO)NC(=O)NC12CC3CC(CC(C3)C1)C2. The molecule has 0 heterocycles. The Morgan fingerprint density at radius 2 is 1.74 bits per heavy atom. The van der Waals surface area contributed by atoms with Gasteiger partial charge in [0.15, 0.2) is 0 Å². The molecule has 0 aliphatic heterocycles. The van der Waals surface area contributed by atoms with Gasteiger partial charge in [-0.2, -0.15) is 0 Å². The summed E-state index contributed by atoms with van der Waals surface area (Å²) in [5.74, 6) is 2.52. The first-order valence-corrected chi connectivity index (χ1v) is 7.82. The van der Waals surface area contributed by atoms with E-state index in [4.69, 9.17) is 5.11 Å². The van der Waals surface area contributed by atoms with Crippen LogP contribution in [-0.2, 0) is 0 Å². The number of aliphatic hydroxyl groups is 1. The van der Waals surface area contributed by atoms with Crippen molar-refractivity contribution >= 4 is 6.03 Å². The van der Waals surface area contributed by atoms with E-state index >= 15 is 0 Å². The fraction of sp³-hybridized carbons (Fsp3) is 0.933. The molecule has 4 bridgehead atoms. The topological polar surface area (TPSA) is 61.4 Å². The molecule has 4 heteroatoms. The Hall–Kier alpha value is -0.770. The van der Waals surface area contributed by atoms with Gasteiger partial charge in [0.05, 0.1) is 12.6 Å². The third-order valence-corrected chi connectivity index (χ3v) is 5.47. The van der Waals surface area contributed by atoms with E-state index in [9.17, 15) is 4.79 Å². The van der Waals surface area contributed by atoms with Crippen molar-refractivity contribution in [2.75, 3.05) is 6.61 Å². The summed E-state index contributed by atoms with van der Waals surface area (Å²) in [5.41, 5.74) is 0.0621. The summed E-state index contributed by atoms with van der Waals surface area (Å²) in [4.78, 5) is 12.1. The van der Waals surface area contributed by atoms with E-state index < -0.39 is 0 Å². The lowest BCUT2D eigenvalue weighted by Gasteiger charge is -2.56. The first-order chi connectivity index (χ1) is 9.12. The van der Waals surface area contributed by atoms with Crippen LogP contribution in [0.2, 0.25) is 0 Å². The molecule has 3 N–H and O–H groups in total. The zero-order valence-electron chi connectivity index (χ0n) is 11.8. The zero-order chi connectivity index (χ0) is 13.5. The fourth-order valence-corrected chi connectivity index (χ4v) is 5.00. The lowest BCUT2D eigenvalue weighted by atomic mass is 9.53. The Balaban J connectivity index is 1.61. The number of aliphatic hydroxyl groups excluding tert-OH is 1. The van der Waals surface area contributed by atoms with Gasteiger partial charge in [-0.3, -0.25) is 0 Å². The normalized spacial score (nSPS) is 41.1. The van der Waals surface area contributed by atoms with E-state index in [0.717, 1.165) is 24.2 Å². The summed E-state index contributed by atoms with van der Waals surface area (Å²) in [6.07, 6.45) is 8.43. The molecule has 4 rings (SSSR count). The van der Waals surface area contributed by atoms with Crippen LogP contribution in [0.15, 0.2) is 0 Å². The van der Waals surface area contributed by atoms with Crippen molar-refractivity contribution in [1.82, 2.24) is 10.6 Å². The van der Waals surface area contributed by atoms with Crippen LogP contribution in [0.4, 0.5) is 4.79 Å². The predicted molar refractivity (Wildman–Crippen MR) is 73.7 cm³/mol. The second-order valence-electron chi connectivity index (χ2n) is 7.08. The molecule has 4 fully saturated rings. The number of amides is 2. The minimum atomic E-state index is -0.117. The highest BCUT2D eigenvalue weighted by molar-refractivity contribution is 5.75. The van der Waals surface area contributed by atoms with Gasteiger partial charge in [0.2, 0.25) is 0 Å². The number of carbonyl (C=O) groups is 1. The Kier molecular flexibility index (Phi) is 3.46. The van der Waals surface area contributed by atoms with Gasteiger partial charge in [-0.1, -0.05) is 6.92 Å². The first kappa shape index (κ1) is 13.2. The van der Waals surface area contributed by atoms with Crippen LogP contribution in [-0.4, -0.2) is 29.3 Å². The average Bonchev–Trinajstić information content (AvgIpc) is 2.33. The van der Waals surface area contributed by atoms with Gasteiger partial charge < -0.3 is 15.7 Å². The second kappa shape index (κ2) is 4.97. The number of carbonyl (C=O) groups excluding carboxylic acids is 1. The van der Waals surface area contributed by atoms with E-state index in [1.807, 2.05) is 6.92 Å². The standard InChI is InChI=1S/C15H26N2O2/c1-2-13(9-18)16-14(19)17-15-6-10-3-11(7-15)5-12(4-10)8-15/h10-13,18H,2-9H2,1H3,(H2,16,17,19)/t10?,11?,12?,13-,15?/m1/s1. The summed E-state index contributed by atoms with van der Waals surface area (Å²) in [6, 6.07) is -0.197. The van der Waals surface area contributed by atoms with Gasteiger partial charge >= 0.3 is 6.03 Å². The van der Waals surface area contributed by atoms with E-state index in [1.54, 1.807) is 0 Å². The molecule has 4 saturated carbocycles. The molecule has 108 valence electrons. The van der Waals surface area contributed by atoms with Gasteiger partial charge in [0.1, 0.15) is 0 Å². The second-order valence-corrected chi connectivity index (χ2v) is 7.08. The van der Waals surface area contributed by atoms with Gasteiger partial charge in [0, 0.05) is 5.54 Å². The fourth-order valence-electron chi connectivity index (χ4n) is 5.00. The number of hydrogen-bond donors (Lipinski definition) is 3. The van der Waals surface area contributed by atoms with E-state index in [1.165, 1.54) is 38.5 Å². The third-order valence-electron chi connectivity index (χ3n) is 5.47. The lowest BCUT2D eigenvalue weighted by molar-refractivity contribution is -0.0137. The third kappa shape index (κ3) is 2.60. The van der Waals surface area contributed by atoms with E-state index in [-0.39, 0.29) is 24.2 Å². The summed E-state index contributed by atoms with van der Waals surface area (Å²) in [6.45, 7) is 2.00. The maximum absolute atomic E-state index is 12.1. The van der Waals surface area contributed by atoms with Crippen molar-refractivity contribution in [3.8, 4) is 0 Å². The monoisotopic (exact) mass is 266 g/mol. The number of urea groups is 1. The number of rotatable bonds is 4. The summed E-state index contributed by atoms with van der Waals surface area (Å²) in [5, 5.41) is 15.3. The number of nitrogens with one attached hydrogen (secondary N) is 2. The van der Waals surface area contributed by atoms with Gasteiger partial charge in [-0.25, -0.2) is 4.79 Å². The number of hydrogen-bond acceptors (Lipinski definition) is 2. The predicted octanol–water partition coefficient (Wildman–Crippen LogP) is 2.03. The molecule has 0 aromatic rings. The first-order valence-electron chi connectivity index (χ1n) is 7.82. The largest absolute Gasteiger partial charge is 0.394 e. The maximum atomic E-state index is 12.1. The van der Waals surface area contributed by atoms with Crippen LogP contribution in [0.5, 0.6) is 0 Å². The molecule has 4 nitrogen and oxygen atoms in total. The van der Waals surface area contributed by atoms with Crippen molar-refractivity contribution in [2.45, 2.75) is 63.5 Å². The minimum absolute atomic E-state index is 0.0186. The van der Waals surface area contributed by atoms with Crippen molar-refractivity contribution in [2.24, 2.45) is 17.8 Å². The van der Waals surface area contributed by atoms with E-state index in [0.29, 0.717) is 0 Å². The lowest BCUT2D eigenvalue weighted by Crippen LogP contribution is -2.62. The van der Waals surface area contributed by atoms with Gasteiger partial charge in [0.25, 0.3) is 0 Å². The zero-order valence-corrected chi connectivity index (χ0v) is 11.8. The van der Waals surface area contributed by atoms with Crippen LogP contribution in [0.3, 0.4) is 0 Å². The average molecular weight is 266 g/mol. The molecular weight excluding hydrogens is 240 g/mol. The summed E-state index contributed by atoms with van der Waals surface area (Å²) >= 11 is 0. The molecule has 4 aliphatic carbocycles. The summed E-state index contributed by atoms with van der Waals surface area (Å²) < 4.78 is 0. The van der Waals surface area contributed by atoms with E-state index in [2.05, 4.69) is 10.6 Å². The summed E-state index contributed by atoms with van der Waals surface area (Å²) in [7, 11) is 0. The van der Waals surface area contributed by atoms with Crippen molar-refractivity contribution in [3.63, 3.8) is 0 Å².